The predicted molar refractivity (Wildman–Crippen MR) is 99.7 cm³/mol. The van der Waals surface area contributed by atoms with Crippen LogP contribution < -0.4 is 0 Å². The summed E-state index contributed by atoms with van der Waals surface area (Å²) in [5.74, 6) is 0. The maximum Gasteiger partial charge on any atom is 2.00 e. The van der Waals surface area contributed by atoms with Crippen LogP contribution in [0.5, 0.6) is 0 Å². The number of nitriles is 1. The zero-order valence-corrected chi connectivity index (χ0v) is 14.7. The van der Waals surface area contributed by atoms with Crippen molar-refractivity contribution >= 4 is 0 Å². The Kier molecular flexibility index (Phi) is 6.99. The molecule has 0 aromatic heterocycles. The molecule has 0 spiro atoms. The Balaban J connectivity index is 0.000000325. The molecule has 0 bridgehead atoms. The van der Waals surface area contributed by atoms with Gasteiger partial charge in [0, 0.05) is 0 Å². The van der Waals surface area contributed by atoms with Crippen molar-refractivity contribution in [2.24, 2.45) is 0 Å². The SMILES string of the molecule is N#Cc1ccc(-c2ccc(-[c-]3cccc3)cc2)cc1.[Fe+2].c1cc[cH-]c1. The number of hydrogen-bond donors (Lipinski definition) is 0. The summed E-state index contributed by atoms with van der Waals surface area (Å²) in [6, 6.07) is 36.6. The minimum atomic E-state index is 0. The van der Waals surface area contributed by atoms with Gasteiger partial charge in [-0.25, -0.2) is 12.1 Å². The van der Waals surface area contributed by atoms with E-state index in [0.717, 1.165) is 5.56 Å². The van der Waals surface area contributed by atoms with E-state index in [1.807, 2.05) is 66.7 Å². The zero-order chi connectivity index (χ0) is 16.6. The molecule has 4 aromatic carbocycles. The van der Waals surface area contributed by atoms with Gasteiger partial charge in [0.05, 0.1) is 11.6 Å². The van der Waals surface area contributed by atoms with Crippen LogP contribution >= 0.6 is 0 Å². The fourth-order valence-corrected chi connectivity index (χ4v) is 2.48. The smallest absolute Gasteiger partial charge is 0.214 e. The summed E-state index contributed by atoms with van der Waals surface area (Å²) in [4.78, 5) is 0. The van der Waals surface area contributed by atoms with E-state index in [9.17, 15) is 0 Å². The summed E-state index contributed by atoms with van der Waals surface area (Å²) in [6.07, 6.45) is 0. The van der Waals surface area contributed by atoms with Gasteiger partial charge < -0.3 is 0 Å². The molecule has 0 aliphatic carbocycles. The van der Waals surface area contributed by atoms with Crippen molar-refractivity contribution in [2.45, 2.75) is 0 Å². The van der Waals surface area contributed by atoms with Crippen molar-refractivity contribution < 1.29 is 17.1 Å². The largest absolute Gasteiger partial charge is 2.00 e. The molecule has 4 rings (SSSR count). The number of hydrogen-bond acceptors (Lipinski definition) is 1. The molecule has 0 saturated carbocycles. The molecule has 1 nitrogen and oxygen atoms in total. The maximum absolute atomic E-state index is 8.79. The van der Waals surface area contributed by atoms with Crippen molar-refractivity contribution in [3.05, 3.63) is 109 Å². The Morgan fingerprint density at radius 1 is 0.720 bits per heavy atom. The van der Waals surface area contributed by atoms with Crippen molar-refractivity contribution in [3.63, 3.8) is 0 Å². The van der Waals surface area contributed by atoms with Crippen molar-refractivity contribution in [2.75, 3.05) is 0 Å². The van der Waals surface area contributed by atoms with Crippen LogP contribution in [0.4, 0.5) is 0 Å². The Morgan fingerprint density at radius 3 is 1.68 bits per heavy atom. The molecule has 0 radical (unpaired) electrons. The minimum absolute atomic E-state index is 0. The van der Waals surface area contributed by atoms with Crippen molar-refractivity contribution in [3.8, 4) is 28.3 Å². The van der Waals surface area contributed by atoms with E-state index in [1.54, 1.807) is 0 Å². The molecule has 2 heteroatoms. The Labute approximate surface area is 159 Å². The maximum atomic E-state index is 8.79. The van der Waals surface area contributed by atoms with E-state index in [4.69, 9.17) is 5.26 Å². The summed E-state index contributed by atoms with van der Waals surface area (Å²) in [7, 11) is 0. The molecule has 0 atom stereocenters. The quantitative estimate of drug-likeness (QED) is 0.316. The predicted octanol–water partition coefficient (Wildman–Crippen LogP) is 6.01. The van der Waals surface area contributed by atoms with E-state index in [-0.39, 0.29) is 17.1 Å². The van der Waals surface area contributed by atoms with Gasteiger partial charge in [-0.1, -0.05) is 29.8 Å². The number of benzene rings is 2. The minimum Gasteiger partial charge on any atom is -0.214 e. The molecule has 0 aliphatic heterocycles. The molecule has 0 aliphatic rings. The average molecular weight is 363 g/mol. The van der Waals surface area contributed by atoms with Crippen LogP contribution in [0, 0.1) is 11.3 Å². The first-order valence-corrected chi connectivity index (χ1v) is 7.86. The summed E-state index contributed by atoms with van der Waals surface area (Å²) < 4.78 is 0. The molecule has 0 amide bonds. The van der Waals surface area contributed by atoms with Gasteiger partial charge >= 0.3 is 17.1 Å². The first-order valence-electron chi connectivity index (χ1n) is 7.86. The monoisotopic (exact) mass is 363 g/mol. The Bertz CT molecular complexity index is 861. The molecule has 0 heterocycles. The molecular weight excluding hydrogens is 346 g/mol. The third-order valence-electron chi connectivity index (χ3n) is 3.78. The van der Waals surface area contributed by atoms with E-state index in [2.05, 4.69) is 42.5 Å². The van der Waals surface area contributed by atoms with Gasteiger partial charge in [-0.2, -0.15) is 35.6 Å². The van der Waals surface area contributed by atoms with Crippen LogP contribution in [0.15, 0.2) is 103 Å². The molecule has 0 unspecified atom stereocenters. The number of rotatable bonds is 2. The van der Waals surface area contributed by atoms with Crippen LogP contribution in [-0.4, -0.2) is 0 Å². The van der Waals surface area contributed by atoms with Crippen LogP contribution in [0.2, 0.25) is 0 Å². The van der Waals surface area contributed by atoms with E-state index in [0.29, 0.717) is 5.56 Å². The van der Waals surface area contributed by atoms with E-state index < -0.39 is 0 Å². The first-order chi connectivity index (χ1) is 11.9. The second-order valence-electron chi connectivity index (χ2n) is 5.40. The van der Waals surface area contributed by atoms with Crippen LogP contribution in [0.1, 0.15) is 5.56 Å². The molecular formula is C23H17FeN. The van der Waals surface area contributed by atoms with Gasteiger partial charge in [0.15, 0.2) is 0 Å². The van der Waals surface area contributed by atoms with E-state index in [1.165, 1.54) is 16.7 Å². The number of nitrogens with zero attached hydrogens (tertiary/aromatic N) is 1. The summed E-state index contributed by atoms with van der Waals surface area (Å²) in [5.41, 5.74) is 5.46. The molecule has 122 valence electrons. The fourth-order valence-electron chi connectivity index (χ4n) is 2.48. The zero-order valence-electron chi connectivity index (χ0n) is 13.6. The van der Waals surface area contributed by atoms with Crippen LogP contribution in [0.3, 0.4) is 0 Å². The van der Waals surface area contributed by atoms with Crippen LogP contribution in [0.25, 0.3) is 22.3 Å². The molecule has 4 aromatic rings. The normalized spacial score (nSPS) is 9.24. The summed E-state index contributed by atoms with van der Waals surface area (Å²) >= 11 is 0. The van der Waals surface area contributed by atoms with E-state index >= 15 is 0 Å². The average Bonchev–Trinajstić information content (AvgIpc) is 3.38. The molecule has 0 N–H and O–H groups in total. The third-order valence-corrected chi connectivity index (χ3v) is 3.78. The second-order valence-corrected chi connectivity index (χ2v) is 5.40. The topological polar surface area (TPSA) is 23.8 Å². The van der Waals surface area contributed by atoms with Gasteiger partial charge in [-0.15, -0.1) is 29.8 Å². The van der Waals surface area contributed by atoms with Gasteiger partial charge in [0.1, 0.15) is 0 Å². The summed E-state index contributed by atoms with van der Waals surface area (Å²) in [5, 5.41) is 8.79. The molecule has 0 fully saturated rings. The third kappa shape index (κ3) is 5.06. The fraction of sp³-hybridized carbons (Fsp3) is 0. The van der Waals surface area contributed by atoms with Crippen molar-refractivity contribution in [1.29, 1.82) is 5.26 Å². The van der Waals surface area contributed by atoms with Gasteiger partial charge in [0.25, 0.3) is 0 Å². The standard InChI is InChI=1S/C18H12N.C5H5.Fe/c19-13-14-5-7-16(8-6-14)18-11-9-17(10-12-18)15-3-1-2-4-15;1-2-4-5-3-1;/h1-12H;1-5H;/q2*-1;+2. The van der Waals surface area contributed by atoms with Crippen LogP contribution in [-0.2, 0) is 17.1 Å². The van der Waals surface area contributed by atoms with Gasteiger partial charge in [-0.3, -0.25) is 0 Å². The van der Waals surface area contributed by atoms with Gasteiger partial charge in [0.2, 0.25) is 0 Å². The van der Waals surface area contributed by atoms with Crippen molar-refractivity contribution in [1.82, 2.24) is 0 Å². The second kappa shape index (κ2) is 9.45. The molecule has 0 saturated heterocycles. The summed E-state index contributed by atoms with van der Waals surface area (Å²) in [6.45, 7) is 0. The Morgan fingerprint density at radius 2 is 1.24 bits per heavy atom. The van der Waals surface area contributed by atoms with Gasteiger partial charge in [-0.05, 0) is 23.3 Å². The molecule has 25 heavy (non-hydrogen) atoms. The Hall–Kier alpha value is -2.85. The first kappa shape index (κ1) is 18.5.